The summed E-state index contributed by atoms with van der Waals surface area (Å²) in [6.45, 7) is 5.30. The van der Waals surface area contributed by atoms with E-state index in [-0.39, 0.29) is 0 Å². The minimum Gasteiger partial charge on any atom is -0.379 e. The molecular formula is C12H16NO3S. The number of hydrogen-bond acceptors (Lipinski definition) is 4. The van der Waals surface area contributed by atoms with Crippen molar-refractivity contribution in [1.82, 2.24) is 4.90 Å². The van der Waals surface area contributed by atoms with Crippen molar-refractivity contribution in [3.8, 4) is 0 Å². The molecule has 0 N–H and O–H groups in total. The smallest absolute Gasteiger partial charge is 0.175 e. The highest BCUT2D eigenvalue weighted by atomic mass is 32.2. The summed E-state index contributed by atoms with van der Waals surface area (Å²) in [6, 6.07) is 6.93. The van der Waals surface area contributed by atoms with Crippen LogP contribution < -0.4 is 0 Å². The van der Waals surface area contributed by atoms with E-state index < -0.39 is 9.84 Å². The lowest BCUT2D eigenvalue weighted by Gasteiger charge is -2.26. The molecule has 2 rings (SSSR count). The highest BCUT2D eigenvalue weighted by molar-refractivity contribution is 7.90. The van der Waals surface area contributed by atoms with E-state index in [1.54, 1.807) is 12.1 Å². The number of morpholine rings is 1. The summed E-state index contributed by atoms with van der Waals surface area (Å²) < 4.78 is 27.9. The molecule has 1 saturated heterocycles. The number of hydrogen-bond donors (Lipinski definition) is 0. The molecule has 1 heterocycles. The third-order valence-corrected chi connectivity index (χ3v) is 3.81. The molecule has 0 aromatic heterocycles. The molecule has 0 aliphatic carbocycles. The molecule has 0 unspecified atom stereocenters. The zero-order valence-electron chi connectivity index (χ0n) is 9.80. The van der Waals surface area contributed by atoms with E-state index in [0.717, 1.165) is 31.9 Å². The summed E-state index contributed by atoms with van der Waals surface area (Å²) in [4.78, 5) is 2.54. The SMILES string of the molecule is CS(=O)(=O)c1ccc([CH]N2CCOCC2)cc1. The second-order valence-corrected chi connectivity index (χ2v) is 6.13. The first-order valence-electron chi connectivity index (χ1n) is 5.52. The second kappa shape index (κ2) is 5.16. The van der Waals surface area contributed by atoms with Gasteiger partial charge in [0.1, 0.15) is 0 Å². The first kappa shape index (κ1) is 12.5. The van der Waals surface area contributed by atoms with Crippen molar-refractivity contribution in [3.05, 3.63) is 36.4 Å². The van der Waals surface area contributed by atoms with Crippen molar-refractivity contribution in [2.24, 2.45) is 0 Å². The molecule has 0 atom stereocenters. The van der Waals surface area contributed by atoms with Crippen molar-refractivity contribution in [2.45, 2.75) is 4.90 Å². The molecule has 1 aliphatic heterocycles. The van der Waals surface area contributed by atoms with Crippen LogP contribution in [0.25, 0.3) is 0 Å². The predicted molar refractivity (Wildman–Crippen MR) is 65.3 cm³/mol. The Kier molecular flexibility index (Phi) is 3.81. The molecule has 93 valence electrons. The second-order valence-electron chi connectivity index (χ2n) is 4.12. The van der Waals surface area contributed by atoms with E-state index in [4.69, 9.17) is 4.74 Å². The minimum absolute atomic E-state index is 0.358. The number of ether oxygens (including phenoxy) is 1. The average Bonchev–Trinajstić information content (AvgIpc) is 2.30. The zero-order valence-corrected chi connectivity index (χ0v) is 10.6. The van der Waals surface area contributed by atoms with Crippen LogP contribution in [-0.4, -0.2) is 45.9 Å². The molecule has 0 spiro atoms. The van der Waals surface area contributed by atoms with E-state index in [9.17, 15) is 8.42 Å². The van der Waals surface area contributed by atoms with Crippen LogP contribution in [0.1, 0.15) is 5.56 Å². The van der Waals surface area contributed by atoms with Gasteiger partial charge in [-0.05, 0) is 17.7 Å². The summed E-state index contributed by atoms with van der Waals surface area (Å²) in [5.74, 6) is 0. The minimum atomic E-state index is -3.10. The number of sulfone groups is 1. The Labute approximate surface area is 102 Å². The summed E-state index contributed by atoms with van der Waals surface area (Å²) in [5.41, 5.74) is 1.01. The van der Waals surface area contributed by atoms with E-state index in [0.29, 0.717) is 4.90 Å². The van der Waals surface area contributed by atoms with Crippen molar-refractivity contribution < 1.29 is 13.2 Å². The van der Waals surface area contributed by atoms with Gasteiger partial charge in [0.05, 0.1) is 24.7 Å². The van der Waals surface area contributed by atoms with E-state index >= 15 is 0 Å². The van der Waals surface area contributed by atoms with Crippen molar-refractivity contribution in [1.29, 1.82) is 0 Å². The van der Waals surface area contributed by atoms with E-state index in [1.807, 2.05) is 18.7 Å². The summed E-state index contributed by atoms with van der Waals surface area (Å²) in [5, 5.41) is 0. The quantitative estimate of drug-likeness (QED) is 0.805. The summed E-state index contributed by atoms with van der Waals surface area (Å²) in [7, 11) is -3.10. The number of benzene rings is 1. The molecule has 1 aliphatic rings. The molecule has 1 aromatic carbocycles. The van der Waals surface area contributed by atoms with Crippen LogP contribution in [-0.2, 0) is 14.6 Å². The van der Waals surface area contributed by atoms with Crippen molar-refractivity contribution >= 4 is 9.84 Å². The summed E-state index contributed by atoms with van der Waals surface area (Å²) in [6.07, 6.45) is 1.22. The van der Waals surface area contributed by atoms with Gasteiger partial charge in [-0.2, -0.15) is 0 Å². The monoisotopic (exact) mass is 254 g/mol. The lowest BCUT2D eigenvalue weighted by atomic mass is 10.2. The molecule has 0 amide bonds. The summed E-state index contributed by atoms with van der Waals surface area (Å²) >= 11 is 0. The maximum absolute atomic E-state index is 11.3. The largest absolute Gasteiger partial charge is 0.379 e. The Balaban J connectivity index is 2.03. The Hall–Kier alpha value is -0.910. The molecule has 1 radical (unpaired) electrons. The molecule has 1 fully saturated rings. The van der Waals surface area contributed by atoms with Crippen molar-refractivity contribution in [3.63, 3.8) is 0 Å². The lowest BCUT2D eigenvalue weighted by Crippen LogP contribution is -2.34. The van der Waals surface area contributed by atoms with Gasteiger partial charge in [-0.15, -0.1) is 0 Å². The van der Waals surface area contributed by atoms with Gasteiger partial charge >= 0.3 is 0 Å². The number of rotatable bonds is 3. The Bertz CT molecular complexity index is 461. The molecule has 0 saturated carbocycles. The highest BCUT2D eigenvalue weighted by Gasteiger charge is 2.12. The Morgan fingerprint density at radius 2 is 1.76 bits per heavy atom. The van der Waals surface area contributed by atoms with Gasteiger partial charge < -0.3 is 4.74 Å². The molecular weight excluding hydrogens is 238 g/mol. The molecule has 5 heteroatoms. The van der Waals surface area contributed by atoms with Gasteiger partial charge in [0.25, 0.3) is 0 Å². The maximum Gasteiger partial charge on any atom is 0.175 e. The van der Waals surface area contributed by atoms with Gasteiger partial charge in [-0.3, -0.25) is 4.90 Å². The fourth-order valence-corrected chi connectivity index (χ4v) is 2.35. The number of nitrogens with zero attached hydrogens (tertiary/aromatic N) is 1. The van der Waals surface area contributed by atoms with Crippen LogP contribution in [0.4, 0.5) is 0 Å². The maximum atomic E-state index is 11.3. The van der Waals surface area contributed by atoms with Gasteiger partial charge in [0.2, 0.25) is 0 Å². The van der Waals surface area contributed by atoms with Crippen LogP contribution in [0.2, 0.25) is 0 Å². The molecule has 1 aromatic rings. The van der Waals surface area contributed by atoms with Crippen molar-refractivity contribution in [2.75, 3.05) is 32.6 Å². The van der Waals surface area contributed by atoms with Crippen LogP contribution in [0.5, 0.6) is 0 Å². The van der Waals surface area contributed by atoms with Gasteiger partial charge in [0, 0.05) is 19.3 Å². The standard InChI is InChI=1S/C12H16NO3S/c1-17(14,15)12-4-2-11(3-5-12)10-13-6-8-16-9-7-13/h2-5,10H,6-9H2,1H3. The van der Waals surface area contributed by atoms with Crippen LogP contribution >= 0.6 is 0 Å². The van der Waals surface area contributed by atoms with Gasteiger partial charge in [-0.1, -0.05) is 12.1 Å². The molecule has 17 heavy (non-hydrogen) atoms. The van der Waals surface area contributed by atoms with Crippen LogP contribution in [0.15, 0.2) is 29.2 Å². The topological polar surface area (TPSA) is 46.6 Å². The molecule has 4 nitrogen and oxygen atoms in total. The third-order valence-electron chi connectivity index (χ3n) is 2.69. The van der Waals surface area contributed by atoms with E-state index in [2.05, 4.69) is 4.90 Å². The Morgan fingerprint density at radius 1 is 1.18 bits per heavy atom. The fourth-order valence-electron chi connectivity index (χ4n) is 1.72. The predicted octanol–water partition coefficient (Wildman–Crippen LogP) is 0.932. The normalized spacial score (nSPS) is 18.2. The highest BCUT2D eigenvalue weighted by Crippen LogP contribution is 2.13. The third kappa shape index (κ3) is 3.52. The average molecular weight is 254 g/mol. The molecule has 0 bridgehead atoms. The van der Waals surface area contributed by atoms with Gasteiger partial charge in [-0.25, -0.2) is 8.42 Å². The van der Waals surface area contributed by atoms with Crippen LogP contribution in [0, 0.1) is 6.54 Å². The Morgan fingerprint density at radius 3 is 2.29 bits per heavy atom. The fraction of sp³-hybridized carbons (Fsp3) is 0.417. The van der Waals surface area contributed by atoms with E-state index in [1.165, 1.54) is 6.26 Å². The van der Waals surface area contributed by atoms with Gasteiger partial charge in [0.15, 0.2) is 9.84 Å². The zero-order chi connectivity index (χ0) is 12.3. The first-order chi connectivity index (χ1) is 8.05. The van der Waals surface area contributed by atoms with Crippen LogP contribution in [0.3, 0.4) is 0 Å². The lowest BCUT2D eigenvalue weighted by molar-refractivity contribution is 0.0532. The first-order valence-corrected chi connectivity index (χ1v) is 7.42.